The molecule has 0 radical (unpaired) electrons. The second-order valence-corrected chi connectivity index (χ2v) is 37.5. The zero-order valence-corrected chi connectivity index (χ0v) is 82.6. The van der Waals surface area contributed by atoms with Gasteiger partial charge in [-0.3, -0.25) is 29.3 Å². The summed E-state index contributed by atoms with van der Waals surface area (Å²) in [5.74, 6) is -1.01. The van der Waals surface area contributed by atoms with Crippen molar-refractivity contribution < 1.29 is 40.6 Å². The molecule has 0 bridgehead atoms. The molecule has 20 aromatic rings. The molecular formula is C114H94Cl3F7N22O2. The lowest BCUT2D eigenvalue weighted by Gasteiger charge is -2.34. The maximum Gasteiger partial charge on any atom is 0.416 e. The molecular weight excluding hydrogens is 1950 g/mol. The predicted molar refractivity (Wildman–Crippen MR) is 567 cm³/mol. The molecule has 0 unspecified atom stereocenters. The van der Waals surface area contributed by atoms with Crippen LogP contribution in [0.2, 0.25) is 15.1 Å². The van der Waals surface area contributed by atoms with E-state index in [4.69, 9.17) is 54.7 Å². The second kappa shape index (κ2) is 44.7. The number of methoxy groups -OCH3 is 1. The number of alkyl halides is 3. The Bertz CT molecular complexity index is 7970. The lowest BCUT2D eigenvalue weighted by molar-refractivity contribution is -0.137. The molecule has 148 heavy (non-hydrogen) atoms. The fourth-order valence-corrected chi connectivity index (χ4v) is 19.0. The molecule has 3 aliphatic rings. The Labute approximate surface area is 862 Å². The number of hydrogen-bond acceptors (Lipinski definition) is 22. The molecule has 0 amide bonds. The van der Waals surface area contributed by atoms with E-state index in [0.29, 0.717) is 101 Å². The van der Waals surface area contributed by atoms with Gasteiger partial charge in [-0.1, -0.05) is 46.9 Å². The van der Waals surface area contributed by atoms with Crippen LogP contribution in [0.5, 0.6) is 0 Å². The number of piperazine rings is 2. The average molecular weight is 2040 g/mol. The molecule has 34 heteroatoms. The number of ether oxygens (including phenoxy) is 1. The van der Waals surface area contributed by atoms with Crippen LogP contribution in [-0.2, 0) is 17.5 Å². The molecule has 1 N–H and O–H groups in total. The Balaban J connectivity index is 0.000000120. The van der Waals surface area contributed by atoms with Crippen LogP contribution >= 0.6 is 34.8 Å². The second-order valence-electron chi connectivity index (χ2n) is 36.2. The summed E-state index contributed by atoms with van der Waals surface area (Å²) in [5.41, 5.74) is 18.3. The van der Waals surface area contributed by atoms with Crippen molar-refractivity contribution >= 4 is 90.4 Å². The normalized spacial score (nSPS) is 13.8. The van der Waals surface area contributed by atoms with Gasteiger partial charge < -0.3 is 34.3 Å². The first-order valence-electron chi connectivity index (χ1n) is 47.9. The van der Waals surface area contributed by atoms with E-state index < -0.39 is 29.2 Å². The van der Waals surface area contributed by atoms with Crippen LogP contribution in [0.4, 0.5) is 42.2 Å². The van der Waals surface area contributed by atoms with Crippen molar-refractivity contribution in [2.45, 2.75) is 31.6 Å². The quantitative estimate of drug-likeness (QED) is 0.0696. The monoisotopic (exact) mass is 2040 g/mol. The van der Waals surface area contributed by atoms with Crippen LogP contribution in [0.3, 0.4) is 0 Å². The summed E-state index contributed by atoms with van der Waals surface area (Å²) in [5, 5.41) is 22.6. The summed E-state index contributed by atoms with van der Waals surface area (Å²) in [4.78, 5) is 70.3. The molecule has 5 aromatic carbocycles. The molecule has 18 heterocycles. The number of nitrogens with zero attached hydrogens (tertiary/aromatic N) is 22. The van der Waals surface area contributed by atoms with E-state index in [2.05, 4.69) is 169 Å². The van der Waals surface area contributed by atoms with Gasteiger partial charge in [0.1, 0.15) is 29.1 Å². The first kappa shape index (κ1) is 99.6. The van der Waals surface area contributed by atoms with Crippen molar-refractivity contribution in [3.05, 3.63) is 356 Å². The number of fused-ring (bicyclic) bond motifs is 4. The molecule has 24 nitrogen and oxygen atoms in total. The van der Waals surface area contributed by atoms with Gasteiger partial charge in [-0.25, -0.2) is 62.4 Å². The lowest BCUT2D eigenvalue weighted by Crippen LogP contribution is -2.44. The summed E-state index contributed by atoms with van der Waals surface area (Å²) in [6.45, 7) is 12.3. The van der Waals surface area contributed by atoms with Gasteiger partial charge in [-0.15, -0.1) is 0 Å². The van der Waals surface area contributed by atoms with Gasteiger partial charge in [0.2, 0.25) is 0 Å². The molecule has 742 valence electrons. The molecule has 3 aliphatic heterocycles. The SMILES string of the molecule is CN1CCN(c2ccc(-c3cncc(-c4cc(-c5cc(Cl)ccc5F)nc5ncccc45)c3)cc2)CC1.CN1CCN(c2ccc(-c3cncc(-c4cc(-c5cc(Cl)ccc5F)nc5ncccc45)c3)cn2)CC1.COCCN1CCC(n2cc(-c3cncc(-c4cc(-c5cc(Cl)ccc5F)nc5ncccc45)c3)cn2)CC1.OCCn1cc(-c2cncc(-c3cc(-c4cc(C(F)(F)F)ccc4F)nc4ncccc34)c2)cn1. The minimum atomic E-state index is -4.63. The van der Waals surface area contributed by atoms with Gasteiger partial charge in [0.15, 0.2) is 22.6 Å². The van der Waals surface area contributed by atoms with Crippen molar-refractivity contribution in [3.63, 3.8) is 0 Å². The highest BCUT2D eigenvalue weighted by molar-refractivity contribution is 6.31. The minimum absolute atomic E-state index is 0.0240. The van der Waals surface area contributed by atoms with Gasteiger partial charge in [-0.2, -0.15) is 23.4 Å². The molecule has 0 saturated carbocycles. The number of likely N-dealkylation sites (N-methyl/N-ethyl adjacent to an activating group) is 2. The van der Waals surface area contributed by atoms with Gasteiger partial charge >= 0.3 is 6.18 Å². The van der Waals surface area contributed by atoms with Crippen LogP contribution in [0.25, 0.3) is 178 Å². The van der Waals surface area contributed by atoms with E-state index in [-0.39, 0.29) is 29.3 Å². The van der Waals surface area contributed by atoms with E-state index in [9.17, 15) is 30.7 Å². The molecule has 0 spiro atoms. The third kappa shape index (κ3) is 22.8. The highest BCUT2D eigenvalue weighted by atomic mass is 35.5. The smallest absolute Gasteiger partial charge is 0.394 e. The zero-order chi connectivity index (χ0) is 102. The summed E-state index contributed by atoms with van der Waals surface area (Å²) in [6, 6.07) is 59.1. The van der Waals surface area contributed by atoms with Crippen LogP contribution in [0.15, 0.2) is 312 Å². The largest absolute Gasteiger partial charge is 0.416 e. The Morgan fingerprint density at radius 2 is 0.730 bits per heavy atom. The third-order valence-corrected chi connectivity index (χ3v) is 27.2. The van der Waals surface area contributed by atoms with Gasteiger partial charge in [0.05, 0.1) is 66.5 Å². The van der Waals surface area contributed by atoms with Crippen LogP contribution in [-0.4, -0.2) is 211 Å². The standard InChI is InChI=1S/C30H28ClFN6O.C30H25ClFN5.C29H24ClFN6.C25H17F4N5O/c1-39-12-11-37-9-6-24(7-10-37)38-19-22(18-35-38)20-13-21(17-33-16-20)26-15-29(27-14-23(31)4-5-28(27)32)36-30-25(26)3-2-8-34-30;1-36-11-13-37(14-12-36)24-7-4-20(5-8-24)21-15-22(19-33-18-21)26-17-29(27-16-23(31)6-9-28(27)32)35-30-25(26)3-2-10-34-30;1-36-9-11-37(12-10-36)28-7-4-19(18-34-28)20-13-21(17-32-16-20)24-15-27(25-14-22(30)5-6-26(25)31)35-29-23(24)3-2-8-33-29;26-22-4-3-18(25(27,28)29)9-21(22)23-10-20(19-2-1-5-31-24(19)33-23)16-8-15(11-30-12-16)17-13-32-34(14-17)6-7-35/h2-5,8,13-19,24H,6-7,9-12H2,1H3;2-10,15-19H,11-14H2,1H3;2-8,13-18H,9-12H2,1H3;1-5,8-14,35H,6-7H2. The maximum absolute atomic E-state index is 14.8. The van der Waals surface area contributed by atoms with Gasteiger partial charge in [0.25, 0.3) is 0 Å². The maximum atomic E-state index is 14.8. The number of hydrogen-bond donors (Lipinski definition) is 1. The van der Waals surface area contributed by atoms with E-state index in [1.54, 1.807) is 97.8 Å². The Morgan fingerprint density at radius 1 is 0.351 bits per heavy atom. The number of halogens is 10. The molecule has 3 fully saturated rings. The molecule has 0 aliphatic carbocycles. The number of aliphatic hydroxyl groups excluding tert-OH is 1. The van der Waals surface area contributed by atoms with E-state index >= 15 is 0 Å². The van der Waals surface area contributed by atoms with Gasteiger partial charge in [0, 0.05) is 298 Å². The lowest BCUT2D eigenvalue weighted by atomic mass is 9.98. The number of benzene rings is 5. The molecule has 23 rings (SSSR count). The number of likely N-dealkylation sites (tertiary alicyclic amines) is 1. The van der Waals surface area contributed by atoms with Crippen molar-refractivity contribution in [1.29, 1.82) is 0 Å². The fraction of sp³-hybridized carbons (Fsp3) is 0.184. The van der Waals surface area contributed by atoms with Gasteiger partial charge in [-0.05, 0) is 249 Å². The van der Waals surface area contributed by atoms with E-state index in [1.165, 1.54) is 48.3 Å². The van der Waals surface area contributed by atoms with Crippen molar-refractivity contribution in [3.8, 4) is 134 Å². The number of aliphatic hydroxyl groups is 1. The van der Waals surface area contributed by atoms with Crippen LogP contribution in [0.1, 0.15) is 24.4 Å². The summed E-state index contributed by atoms with van der Waals surface area (Å²) in [7, 11) is 6.05. The molecule has 0 atom stereocenters. The molecule has 15 aromatic heterocycles. The number of anilines is 2. The Morgan fingerprint density at radius 3 is 1.14 bits per heavy atom. The predicted octanol–water partition coefficient (Wildman–Crippen LogP) is 24.2. The van der Waals surface area contributed by atoms with Crippen LogP contribution < -0.4 is 9.80 Å². The zero-order valence-electron chi connectivity index (χ0n) is 80.3. The fourth-order valence-electron chi connectivity index (χ4n) is 18.5. The Hall–Kier alpha value is -15.7. The van der Waals surface area contributed by atoms with E-state index in [0.717, 1.165) is 203 Å². The number of piperidine rings is 1. The van der Waals surface area contributed by atoms with Crippen LogP contribution in [0, 0.1) is 23.3 Å². The minimum Gasteiger partial charge on any atom is -0.394 e. The van der Waals surface area contributed by atoms with E-state index in [1.807, 2.05) is 104 Å². The topological polar surface area (TPSA) is 249 Å². The number of pyridine rings is 13. The highest BCUT2D eigenvalue weighted by Crippen LogP contribution is 2.43. The molecule has 3 saturated heterocycles. The summed E-state index contributed by atoms with van der Waals surface area (Å²) >= 11 is 18.5. The number of rotatable bonds is 20. The number of aromatic nitrogens is 17. The third-order valence-electron chi connectivity index (χ3n) is 26.5. The highest BCUT2D eigenvalue weighted by Gasteiger charge is 2.33. The Kier molecular flexibility index (Phi) is 30.1. The first-order chi connectivity index (χ1) is 72.0. The average Bonchev–Trinajstić information content (AvgIpc) is 1.09. The van der Waals surface area contributed by atoms with Crippen molar-refractivity contribution in [1.82, 2.24) is 99.1 Å². The first-order valence-corrected chi connectivity index (χ1v) is 49.1. The summed E-state index contributed by atoms with van der Waals surface area (Å²) in [6.07, 6.45) is 27.6. The van der Waals surface area contributed by atoms with Crippen molar-refractivity contribution in [2.75, 3.05) is 116 Å². The van der Waals surface area contributed by atoms with Crippen molar-refractivity contribution in [2.24, 2.45) is 0 Å². The summed E-state index contributed by atoms with van der Waals surface area (Å²) < 4.78 is 108.